The van der Waals surface area contributed by atoms with Gasteiger partial charge in [-0.1, -0.05) is 42.0 Å². The Morgan fingerprint density at radius 1 is 1.15 bits per heavy atom. The molecule has 106 valence electrons. The Hall–Kier alpha value is -1.97. The van der Waals surface area contributed by atoms with Gasteiger partial charge >= 0.3 is 0 Å². The van der Waals surface area contributed by atoms with E-state index in [1.165, 1.54) is 5.56 Å². The fourth-order valence-corrected chi connectivity index (χ4v) is 2.16. The van der Waals surface area contributed by atoms with Crippen molar-refractivity contribution >= 4 is 5.78 Å². The lowest BCUT2D eigenvalue weighted by Gasteiger charge is -1.99. The highest BCUT2D eigenvalue weighted by Crippen LogP contribution is 2.07. The monoisotopic (exact) mass is 271 g/mol. The molecule has 0 saturated heterocycles. The van der Waals surface area contributed by atoms with Gasteiger partial charge in [-0.25, -0.2) is 0 Å². The van der Waals surface area contributed by atoms with Gasteiger partial charge in [-0.15, -0.1) is 5.10 Å². The zero-order valence-electron chi connectivity index (χ0n) is 12.0. The lowest BCUT2D eigenvalue weighted by molar-refractivity contribution is -0.117. The first kappa shape index (κ1) is 14.4. The summed E-state index contributed by atoms with van der Waals surface area (Å²) in [6.07, 6.45) is 6.61. The van der Waals surface area contributed by atoms with Crippen molar-refractivity contribution in [2.75, 3.05) is 0 Å². The molecule has 0 spiro atoms. The predicted molar refractivity (Wildman–Crippen MR) is 78.4 cm³/mol. The molecule has 0 aliphatic heterocycles. The quantitative estimate of drug-likeness (QED) is 0.693. The number of nitrogens with zero attached hydrogens (tertiary/aromatic N) is 3. The largest absolute Gasteiger partial charge is 0.300 e. The van der Waals surface area contributed by atoms with Crippen LogP contribution in [0.5, 0.6) is 0 Å². The lowest BCUT2D eigenvalue weighted by atomic mass is 10.1. The maximum atomic E-state index is 10.8. The molecule has 0 saturated carbocycles. The summed E-state index contributed by atoms with van der Waals surface area (Å²) in [5, 5.41) is 8.34. The molecule has 0 amide bonds. The second-order valence-corrected chi connectivity index (χ2v) is 5.15. The zero-order chi connectivity index (χ0) is 14.2. The van der Waals surface area contributed by atoms with Crippen LogP contribution in [0.15, 0.2) is 36.5 Å². The van der Waals surface area contributed by atoms with Crippen molar-refractivity contribution in [3.8, 4) is 0 Å². The van der Waals surface area contributed by atoms with E-state index in [1.54, 1.807) is 6.92 Å². The van der Waals surface area contributed by atoms with Crippen LogP contribution >= 0.6 is 0 Å². The molecule has 2 rings (SSSR count). The number of ketones is 1. The minimum atomic E-state index is 0.274. The highest BCUT2D eigenvalue weighted by Gasteiger charge is 2.02. The third-order valence-electron chi connectivity index (χ3n) is 3.23. The topological polar surface area (TPSA) is 47.8 Å². The van der Waals surface area contributed by atoms with Crippen LogP contribution in [-0.2, 0) is 17.8 Å². The Morgan fingerprint density at radius 2 is 1.95 bits per heavy atom. The summed E-state index contributed by atoms with van der Waals surface area (Å²) in [7, 11) is 0. The number of carbonyl (C=O) groups excluding carboxylic acids is 1. The van der Waals surface area contributed by atoms with E-state index in [0.717, 1.165) is 37.9 Å². The molecule has 4 heteroatoms. The number of hydrogen-bond acceptors (Lipinski definition) is 3. The Balaban J connectivity index is 1.73. The van der Waals surface area contributed by atoms with Gasteiger partial charge in [-0.3, -0.25) is 4.68 Å². The molecule has 20 heavy (non-hydrogen) atoms. The molecule has 1 aromatic carbocycles. The molecule has 2 aromatic rings. The Bertz CT molecular complexity index is 534. The zero-order valence-corrected chi connectivity index (χ0v) is 12.0. The minimum absolute atomic E-state index is 0.274. The maximum absolute atomic E-state index is 10.8. The number of unbranched alkanes of at least 4 members (excludes halogenated alkanes) is 2. The van der Waals surface area contributed by atoms with Crippen molar-refractivity contribution in [2.45, 2.75) is 45.6 Å². The number of rotatable bonds is 8. The summed E-state index contributed by atoms with van der Waals surface area (Å²) in [6.45, 7) is 2.52. The Kier molecular flexibility index (Phi) is 5.47. The smallest absolute Gasteiger partial charge is 0.129 e. The molecule has 0 atom stereocenters. The van der Waals surface area contributed by atoms with Gasteiger partial charge in [0.1, 0.15) is 5.78 Å². The van der Waals surface area contributed by atoms with E-state index in [2.05, 4.69) is 22.4 Å². The van der Waals surface area contributed by atoms with Crippen LogP contribution < -0.4 is 0 Å². The van der Waals surface area contributed by atoms with Crippen LogP contribution in [0.3, 0.4) is 0 Å². The van der Waals surface area contributed by atoms with Gasteiger partial charge in [0.2, 0.25) is 0 Å². The fraction of sp³-hybridized carbons (Fsp3) is 0.438. The van der Waals surface area contributed by atoms with Crippen molar-refractivity contribution in [1.29, 1.82) is 0 Å². The van der Waals surface area contributed by atoms with Gasteiger partial charge in [0.15, 0.2) is 0 Å². The van der Waals surface area contributed by atoms with E-state index in [4.69, 9.17) is 0 Å². The molecule has 0 N–H and O–H groups in total. The van der Waals surface area contributed by atoms with Crippen LogP contribution in [0, 0.1) is 0 Å². The SMILES string of the molecule is CC(=O)CCCCCn1cc(Cc2ccccc2)nn1. The van der Waals surface area contributed by atoms with Crippen molar-refractivity contribution in [2.24, 2.45) is 0 Å². The summed E-state index contributed by atoms with van der Waals surface area (Å²) in [4.78, 5) is 10.8. The summed E-state index contributed by atoms with van der Waals surface area (Å²) < 4.78 is 1.89. The average Bonchev–Trinajstić information content (AvgIpc) is 2.87. The molecule has 4 nitrogen and oxygen atoms in total. The molecule has 1 heterocycles. The van der Waals surface area contributed by atoms with Gasteiger partial charge in [0.05, 0.1) is 5.69 Å². The molecule has 0 fully saturated rings. The highest BCUT2D eigenvalue weighted by atomic mass is 16.1. The number of aryl methyl sites for hydroxylation is 1. The van der Waals surface area contributed by atoms with E-state index in [9.17, 15) is 4.79 Å². The highest BCUT2D eigenvalue weighted by molar-refractivity contribution is 5.75. The normalized spacial score (nSPS) is 10.7. The minimum Gasteiger partial charge on any atom is -0.300 e. The number of Topliss-reactive ketones (excluding diaryl/α,β-unsaturated/α-hetero) is 1. The molecule has 0 aliphatic rings. The van der Waals surface area contributed by atoms with Crippen LogP contribution in [-0.4, -0.2) is 20.8 Å². The summed E-state index contributed by atoms with van der Waals surface area (Å²) in [5.41, 5.74) is 2.25. The Labute approximate surface area is 119 Å². The van der Waals surface area contributed by atoms with Crippen molar-refractivity contribution in [3.05, 3.63) is 47.8 Å². The van der Waals surface area contributed by atoms with Crippen molar-refractivity contribution < 1.29 is 4.79 Å². The first-order valence-electron chi connectivity index (χ1n) is 7.16. The van der Waals surface area contributed by atoms with Crippen LogP contribution in [0.25, 0.3) is 0 Å². The third-order valence-corrected chi connectivity index (χ3v) is 3.23. The van der Waals surface area contributed by atoms with Gasteiger partial charge in [0, 0.05) is 25.6 Å². The molecular weight excluding hydrogens is 250 g/mol. The van der Waals surface area contributed by atoms with Crippen LogP contribution in [0.4, 0.5) is 0 Å². The molecule has 0 bridgehead atoms. The number of benzene rings is 1. The molecule has 0 aliphatic carbocycles. The third kappa shape index (κ3) is 4.96. The van der Waals surface area contributed by atoms with Gasteiger partial charge < -0.3 is 4.79 Å². The number of aromatic nitrogens is 3. The fourth-order valence-electron chi connectivity index (χ4n) is 2.16. The Morgan fingerprint density at radius 3 is 2.70 bits per heavy atom. The summed E-state index contributed by atoms with van der Waals surface area (Å²) in [5.74, 6) is 0.274. The second-order valence-electron chi connectivity index (χ2n) is 5.15. The number of hydrogen-bond donors (Lipinski definition) is 0. The van der Waals surface area contributed by atoms with Gasteiger partial charge in [0.25, 0.3) is 0 Å². The summed E-state index contributed by atoms with van der Waals surface area (Å²) >= 11 is 0. The molecule has 0 radical (unpaired) electrons. The average molecular weight is 271 g/mol. The lowest BCUT2D eigenvalue weighted by Crippen LogP contribution is -1.99. The van der Waals surface area contributed by atoms with Crippen molar-refractivity contribution in [1.82, 2.24) is 15.0 Å². The van der Waals surface area contributed by atoms with Crippen molar-refractivity contribution in [3.63, 3.8) is 0 Å². The van der Waals surface area contributed by atoms with E-state index in [-0.39, 0.29) is 5.78 Å². The first-order valence-corrected chi connectivity index (χ1v) is 7.16. The molecular formula is C16H21N3O. The van der Waals surface area contributed by atoms with Gasteiger partial charge in [-0.05, 0) is 25.3 Å². The standard InChI is InChI=1S/C16H21N3O/c1-14(20)8-4-3-7-11-19-13-16(17-18-19)12-15-9-5-2-6-10-15/h2,5-6,9-10,13H,3-4,7-8,11-12H2,1H3. The molecule has 0 unspecified atom stereocenters. The van der Waals surface area contributed by atoms with E-state index >= 15 is 0 Å². The maximum Gasteiger partial charge on any atom is 0.129 e. The first-order chi connectivity index (χ1) is 9.74. The van der Waals surface area contributed by atoms with E-state index < -0.39 is 0 Å². The van der Waals surface area contributed by atoms with E-state index in [1.807, 2.05) is 29.1 Å². The predicted octanol–water partition coefficient (Wildman–Crippen LogP) is 3.02. The van der Waals surface area contributed by atoms with E-state index in [0.29, 0.717) is 6.42 Å². The molecule has 1 aromatic heterocycles. The number of carbonyl (C=O) groups is 1. The van der Waals surface area contributed by atoms with Crippen LogP contribution in [0.2, 0.25) is 0 Å². The second kappa shape index (κ2) is 7.58. The van der Waals surface area contributed by atoms with Crippen LogP contribution in [0.1, 0.15) is 43.9 Å². The summed E-state index contributed by atoms with van der Waals surface area (Å²) in [6, 6.07) is 10.3. The van der Waals surface area contributed by atoms with Gasteiger partial charge in [-0.2, -0.15) is 0 Å².